The predicted molar refractivity (Wildman–Crippen MR) is 73.8 cm³/mol. The van der Waals surface area contributed by atoms with E-state index in [0.29, 0.717) is 19.0 Å². The number of amides is 2. The fourth-order valence-electron chi connectivity index (χ4n) is 2.98. The van der Waals surface area contributed by atoms with Crippen molar-refractivity contribution < 1.29 is 14.7 Å². The first-order valence-corrected chi connectivity index (χ1v) is 7.89. The third-order valence-electron chi connectivity index (χ3n) is 4.68. The van der Waals surface area contributed by atoms with Gasteiger partial charge < -0.3 is 15.3 Å². The van der Waals surface area contributed by atoms with Gasteiger partial charge in [0.25, 0.3) is 0 Å². The monoisotopic (exact) mass is 280 g/mol. The van der Waals surface area contributed by atoms with E-state index in [1.165, 1.54) is 0 Å². The Bertz CT molecular complexity index is 391. The molecule has 2 unspecified atom stereocenters. The molecule has 2 atom stereocenters. The second-order valence-electron chi connectivity index (χ2n) is 6.55. The highest BCUT2D eigenvalue weighted by Gasteiger charge is 2.37. The van der Waals surface area contributed by atoms with Crippen molar-refractivity contribution in [3.05, 3.63) is 0 Å². The maximum Gasteiger partial charge on any atom is 0.225 e. The van der Waals surface area contributed by atoms with E-state index < -0.39 is 6.10 Å². The summed E-state index contributed by atoms with van der Waals surface area (Å²) in [6.07, 6.45) is 5.53. The highest BCUT2D eigenvalue weighted by molar-refractivity contribution is 5.83. The first kappa shape index (κ1) is 13.9. The lowest BCUT2D eigenvalue weighted by Gasteiger charge is -2.32. The molecule has 3 rings (SSSR count). The number of aliphatic hydroxyl groups excluding tert-OH is 1. The molecule has 112 valence electrons. The van der Waals surface area contributed by atoms with E-state index in [9.17, 15) is 14.7 Å². The van der Waals surface area contributed by atoms with Crippen LogP contribution in [0.1, 0.15) is 38.5 Å². The summed E-state index contributed by atoms with van der Waals surface area (Å²) < 4.78 is 0. The number of aliphatic hydroxyl groups is 1. The fourth-order valence-corrected chi connectivity index (χ4v) is 2.98. The van der Waals surface area contributed by atoms with E-state index in [4.69, 9.17) is 0 Å². The first-order chi connectivity index (χ1) is 9.65. The largest absolute Gasteiger partial charge is 0.391 e. The van der Waals surface area contributed by atoms with Gasteiger partial charge in [-0.15, -0.1) is 0 Å². The number of carbonyl (C=O) groups is 2. The molecule has 1 heterocycles. The number of nitrogens with zero attached hydrogens (tertiary/aromatic N) is 1. The van der Waals surface area contributed by atoms with Gasteiger partial charge in [-0.1, -0.05) is 0 Å². The van der Waals surface area contributed by atoms with Crippen LogP contribution in [0.2, 0.25) is 0 Å². The molecule has 2 N–H and O–H groups in total. The summed E-state index contributed by atoms with van der Waals surface area (Å²) in [7, 11) is 0. The number of hydrogen-bond acceptors (Lipinski definition) is 3. The molecule has 0 aromatic rings. The van der Waals surface area contributed by atoms with Crippen LogP contribution in [0.3, 0.4) is 0 Å². The highest BCUT2D eigenvalue weighted by Crippen LogP contribution is 2.33. The number of likely N-dealkylation sites (tertiary alicyclic amines) is 1. The lowest BCUT2D eigenvalue weighted by Crippen LogP contribution is -2.47. The van der Waals surface area contributed by atoms with Crippen LogP contribution in [0.15, 0.2) is 0 Å². The van der Waals surface area contributed by atoms with Crippen LogP contribution >= 0.6 is 0 Å². The van der Waals surface area contributed by atoms with E-state index in [0.717, 1.165) is 45.1 Å². The average Bonchev–Trinajstić information content (AvgIpc) is 3.34. The lowest BCUT2D eigenvalue weighted by atomic mass is 9.96. The number of rotatable bonds is 5. The molecule has 0 aromatic carbocycles. The zero-order chi connectivity index (χ0) is 14.1. The van der Waals surface area contributed by atoms with Gasteiger partial charge in [-0.2, -0.15) is 0 Å². The van der Waals surface area contributed by atoms with Gasteiger partial charge in [0, 0.05) is 25.6 Å². The normalized spacial score (nSPS) is 28.1. The molecule has 0 bridgehead atoms. The standard InChI is InChI=1S/C15H24N2O3/c18-13(10-3-4-10)8-16-14(19)12-2-1-7-17(9-12)15(20)11-5-6-11/h10-13,18H,1-9H2,(H,16,19). The molecular weight excluding hydrogens is 256 g/mol. The summed E-state index contributed by atoms with van der Waals surface area (Å²) in [6.45, 7) is 1.71. The minimum absolute atomic E-state index is 0.00185. The molecular formula is C15H24N2O3. The average molecular weight is 280 g/mol. The van der Waals surface area contributed by atoms with Gasteiger partial charge in [0.1, 0.15) is 0 Å². The van der Waals surface area contributed by atoms with Crippen molar-refractivity contribution >= 4 is 11.8 Å². The van der Waals surface area contributed by atoms with E-state index >= 15 is 0 Å². The maximum absolute atomic E-state index is 12.1. The lowest BCUT2D eigenvalue weighted by molar-refractivity contribution is -0.136. The van der Waals surface area contributed by atoms with E-state index in [1.54, 1.807) is 0 Å². The third-order valence-corrected chi connectivity index (χ3v) is 4.68. The summed E-state index contributed by atoms with van der Waals surface area (Å²) in [5.74, 6) is 0.750. The molecule has 2 aliphatic carbocycles. The van der Waals surface area contributed by atoms with E-state index in [1.807, 2.05) is 4.90 Å². The molecule has 2 amide bonds. The summed E-state index contributed by atoms with van der Waals surface area (Å²) in [6, 6.07) is 0. The third kappa shape index (κ3) is 3.32. The quantitative estimate of drug-likeness (QED) is 0.771. The molecule has 20 heavy (non-hydrogen) atoms. The zero-order valence-corrected chi connectivity index (χ0v) is 11.9. The Hall–Kier alpha value is -1.10. The molecule has 1 saturated heterocycles. The van der Waals surface area contributed by atoms with Crippen LogP contribution in [0.5, 0.6) is 0 Å². The molecule has 5 heteroatoms. The van der Waals surface area contributed by atoms with Crippen molar-refractivity contribution in [2.24, 2.45) is 17.8 Å². The maximum atomic E-state index is 12.1. The fraction of sp³-hybridized carbons (Fsp3) is 0.867. The van der Waals surface area contributed by atoms with Crippen LogP contribution in [0, 0.1) is 17.8 Å². The Morgan fingerprint density at radius 2 is 1.90 bits per heavy atom. The molecule has 3 aliphatic rings. The van der Waals surface area contributed by atoms with Crippen molar-refractivity contribution in [3.8, 4) is 0 Å². The Kier molecular flexibility index (Phi) is 3.96. The summed E-state index contributed by atoms with van der Waals surface area (Å²) in [4.78, 5) is 26.0. The van der Waals surface area contributed by atoms with Crippen LogP contribution in [0.4, 0.5) is 0 Å². The van der Waals surface area contributed by atoms with Gasteiger partial charge in [0.05, 0.1) is 12.0 Å². The van der Waals surface area contributed by atoms with Gasteiger partial charge in [-0.25, -0.2) is 0 Å². The summed E-state index contributed by atoms with van der Waals surface area (Å²) in [5.41, 5.74) is 0. The van der Waals surface area contributed by atoms with Gasteiger partial charge in [0.2, 0.25) is 11.8 Å². The molecule has 2 saturated carbocycles. The van der Waals surface area contributed by atoms with Crippen LogP contribution in [-0.2, 0) is 9.59 Å². The van der Waals surface area contributed by atoms with Crippen LogP contribution in [-0.4, -0.2) is 47.6 Å². The molecule has 3 fully saturated rings. The summed E-state index contributed by atoms with van der Waals surface area (Å²) >= 11 is 0. The second-order valence-corrected chi connectivity index (χ2v) is 6.55. The molecule has 1 aliphatic heterocycles. The van der Waals surface area contributed by atoms with Gasteiger partial charge in [0.15, 0.2) is 0 Å². The Balaban J connectivity index is 1.45. The van der Waals surface area contributed by atoms with E-state index in [-0.39, 0.29) is 23.7 Å². The van der Waals surface area contributed by atoms with Gasteiger partial charge in [-0.3, -0.25) is 9.59 Å². The second kappa shape index (κ2) is 5.72. The molecule has 0 aromatic heterocycles. The van der Waals surface area contributed by atoms with Crippen molar-refractivity contribution in [2.75, 3.05) is 19.6 Å². The number of piperidine rings is 1. The number of carbonyl (C=O) groups excluding carboxylic acids is 2. The van der Waals surface area contributed by atoms with Gasteiger partial charge in [-0.05, 0) is 44.4 Å². The minimum atomic E-state index is -0.397. The smallest absolute Gasteiger partial charge is 0.225 e. The van der Waals surface area contributed by atoms with E-state index in [2.05, 4.69) is 5.32 Å². The Morgan fingerprint density at radius 1 is 1.15 bits per heavy atom. The number of nitrogens with one attached hydrogen (secondary N) is 1. The van der Waals surface area contributed by atoms with Crippen molar-refractivity contribution in [3.63, 3.8) is 0 Å². The highest BCUT2D eigenvalue weighted by atomic mass is 16.3. The first-order valence-electron chi connectivity index (χ1n) is 7.89. The minimum Gasteiger partial charge on any atom is -0.391 e. The molecule has 5 nitrogen and oxygen atoms in total. The topological polar surface area (TPSA) is 69.6 Å². The molecule has 0 radical (unpaired) electrons. The Labute approximate surface area is 119 Å². The van der Waals surface area contributed by atoms with Crippen LogP contribution < -0.4 is 5.32 Å². The predicted octanol–water partition coefficient (Wildman–Crippen LogP) is 0.522. The zero-order valence-electron chi connectivity index (χ0n) is 11.9. The van der Waals surface area contributed by atoms with Gasteiger partial charge >= 0.3 is 0 Å². The van der Waals surface area contributed by atoms with Crippen molar-refractivity contribution in [1.82, 2.24) is 10.2 Å². The van der Waals surface area contributed by atoms with Crippen LogP contribution in [0.25, 0.3) is 0 Å². The Morgan fingerprint density at radius 3 is 2.55 bits per heavy atom. The molecule has 0 spiro atoms. The van der Waals surface area contributed by atoms with Crippen molar-refractivity contribution in [1.29, 1.82) is 0 Å². The number of hydrogen-bond donors (Lipinski definition) is 2. The van der Waals surface area contributed by atoms with Crippen molar-refractivity contribution in [2.45, 2.75) is 44.6 Å². The SMILES string of the molecule is O=C(NCC(O)C1CC1)C1CCCN(C(=O)C2CC2)C1. The summed E-state index contributed by atoms with van der Waals surface area (Å²) in [5, 5.41) is 12.6.